The molecular weight excluding hydrogens is 440 g/mol. The average Bonchev–Trinajstić information content (AvgIpc) is 3.27. The zero-order chi connectivity index (χ0) is 24.5. The second-order valence-electron chi connectivity index (χ2n) is 9.05. The summed E-state index contributed by atoms with van der Waals surface area (Å²) in [7, 11) is 0. The largest absolute Gasteiger partial charge is 0.352 e. The van der Waals surface area contributed by atoms with E-state index < -0.39 is 0 Å². The van der Waals surface area contributed by atoms with Crippen molar-refractivity contribution in [2.45, 2.75) is 32.9 Å². The summed E-state index contributed by atoms with van der Waals surface area (Å²) in [5, 5.41) is 3.81. The van der Waals surface area contributed by atoms with Crippen molar-refractivity contribution < 1.29 is 11.0 Å². The van der Waals surface area contributed by atoms with Gasteiger partial charge < -0.3 is 20.1 Å². The molecule has 2 N–H and O–H groups in total. The number of carbonyl (C=O) groups excluding carboxylic acids is 2. The van der Waals surface area contributed by atoms with Crippen LogP contribution in [0.25, 0.3) is 22.3 Å². The van der Waals surface area contributed by atoms with Crippen molar-refractivity contribution in [3.63, 3.8) is 0 Å². The fourth-order valence-electron chi connectivity index (χ4n) is 4.96. The number of aromatic amines is 1. The summed E-state index contributed by atoms with van der Waals surface area (Å²) in [6.45, 7) is 7.23. The Morgan fingerprint density at radius 3 is 2.51 bits per heavy atom. The number of hydrogen-bond donors (Lipinski definition) is 2. The first-order valence-corrected chi connectivity index (χ1v) is 11.8. The van der Waals surface area contributed by atoms with E-state index in [9.17, 15) is 9.59 Å². The number of piperazine rings is 1. The second-order valence-corrected chi connectivity index (χ2v) is 9.05. The number of pyridine rings is 2. The number of hydrogen-bond acceptors (Lipinski definition) is 5. The predicted molar refractivity (Wildman–Crippen MR) is 139 cm³/mol. The smallest absolute Gasteiger partial charge is 0.255 e. The summed E-state index contributed by atoms with van der Waals surface area (Å²) in [5.41, 5.74) is 3.66. The molecular formula is C27H30N6O2. The number of nitrogens with zero attached hydrogens (tertiary/aromatic N) is 4. The Balaban J connectivity index is 0.00000304. The number of anilines is 2. The Bertz CT molecular complexity index is 1380. The number of fused-ring (bicyclic) bond motifs is 1. The Hall–Kier alpha value is -4.20. The van der Waals surface area contributed by atoms with Crippen molar-refractivity contribution in [1.29, 1.82) is 0 Å². The number of H-pyrrole nitrogens is 1. The first-order valence-electron chi connectivity index (χ1n) is 11.8. The van der Waals surface area contributed by atoms with Gasteiger partial charge in [-0.1, -0.05) is 24.3 Å². The Morgan fingerprint density at radius 2 is 1.80 bits per heavy atom. The van der Waals surface area contributed by atoms with E-state index in [0.717, 1.165) is 41.2 Å². The van der Waals surface area contributed by atoms with Gasteiger partial charge in [0.25, 0.3) is 5.91 Å². The molecule has 0 bridgehead atoms. The van der Waals surface area contributed by atoms with Crippen LogP contribution in [0.5, 0.6) is 0 Å². The maximum absolute atomic E-state index is 12.6. The topological polar surface area (TPSA) is 94.2 Å². The van der Waals surface area contributed by atoms with E-state index in [1.807, 2.05) is 53.6 Å². The molecule has 1 aromatic carbocycles. The maximum atomic E-state index is 12.6. The van der Waals surface area contributed by atoms with Crippen molar-refractivity contribution in [3.05, 3.63) is 72.6 Å². The van der Waals surface area contributed by atoms with E-state index in [-0.39, 0.29) is 25.3 Å². The van der Waals surface area contributed by atoms with Gasteiger partial charge in [0, 0.05) is 56.2 Å². The van der Waals surface area contributed by atoms with Crippen molar-refractivity contribution in [2.75, 3.05) is 23.3 Å². The van der Waals surface area contributed by atoms with Crippen molar-refractivity contribution in [2.24, 2.45) is 0 Å². The number of carbonyl (C=O) groups is 2. The van der Waals surface area contributed by atoms with Gasteiger partial charge in [0.2, 0.25) is 5.91 Å². The van der Waals surface area contributed by atoms with E-state index >= 15 is 0 Å². The van der Waals surface area contributed by atoms with Gasteiger partial charge in [-0.3, -0.25) is 9.59 Å². The summed E-state index contributed by atoms with van der Waals surface area (Å²) in [6, 6.07) is 17.2. The normalized spacial score (nSPS) is 18.0. The van der Waals surface area contributed by atoms with Gasteiger partial charge in [0.05, 0.1) is 17.6 Å². The highest BCUT2D eigenvalue weighted by Crippen LogP contribution is 2.30. The standard InChI is InChI=1S/C27H28N6O2.H2/c1-17-15-32(16-18(2)33(17)19(3)34)25-11-7-10-24(31-25)23-14-29-26-22(23)12-21(13-28-26)30-27(35)20-8-5-4-6-9-20;/h4-14,17-18H,15-16H2,1-3H3,(H,28,29)(H,30,35);1H/t17-,18+;. The fraction of sp³-hybridized carbons (Fsp3) is 0.259. The van der Waals surface area contributed by atoms with Crippen LogP contribution in [-0.4, -0.2) is 56.8 Å². The highest BCUT2D eigenvalue weighted by Gasteiger charge is 2.31. The van der Waals surface area contributed by atoms with Crippen LogP contribution in [0, 0.1) is 0 Å². The molecule has 0 unspecified atom stereocenters. The molecule has 0 saturated carbocycles. The molecule has 2 atom stereocenters. The van der Waals surface area contributed by atoms with Crippen molar-refractivity contribution >= 4 is 34.4 Å². The molecule has 0 aliphatic carbocycles. The zero-order valence-electron chi connectivity index (χ0n) is 20.0. The van der Waals surface area contributed by atoms with Crippen LogP contribution in [0.1, 0.15) is 32.6 Å². The molecule has 1 aliphatic heterocycles. The van der Waals surface area contributed by atoms with Crippen LogP contribution in [0.3, 0.4) is 0 Å². The Morgan fingerprint density at radius 1 is 1.06 bits per heavy atom. The highest BCUT2D eigenvalue weighted by atomic mass is 16.2. The van der Waals surface area contributed by atoms with E-state index in [4.69, 9.17) is 4.98 Å². The van der Waals surface area contributed by atoms with Crippen molar-refractivity contribution in [3.8, 4) is 11.3 Å². The lowest BCUT2D eigenvalue weighted by atomic mass is 10.1. The lowest BCUT2D eigenvalue weighted by molar-refractivity contribution is -0.133. The summed E-state index contributed by atoms with van der Waals surface area (Å²) < 4.78 is 0. The molecule has 8 heteroatoms. The van der Waals surface area contributed by atoms with Crippen LogP contribution < -0.4 is 10.2 Å². The molecule has 3 aromatic heterocycles. The molecule has 8 nitrogen and oxygen atoms in total. The summed E-state index contributed by atoms with van der Waals surface area (Å²) in [4.78, 5) is 41.4. The van der Waals surface area contributed by atoms with Gasteiger partial charge in [0.1, 0.15) is 11.5 Å². The second kappa shape index (κ2) is 9.21. The molecule has 4 heterocycles. The molecule has 4 aromatic rings. The van der Waals surface area contributed by atoms with Crippen LogP contribution >= 0.6 is 0 Å². The van der Waals surface area contributed by atoms with Gasteiger partial charge in [-0.25, -0.2) is 9.97 Å². The molecule has 1 aliphatic rings. The van der Waals surface area contributed by atoms with Crippen LogP contribution in [0.2, 0.25) is 0 Å². The Kier molecular flexibility index (Phi) is 5.94. The minimum Gasteiger partial charge on any atom is -0.352 e. The monoisotopic (exact) mass is 470 g/mol. The average molecular weight is 471 g/mol. The summed E-state index contributed by atoms with van der Waals surface area (Å²) >= 11 is 0. The first-order chi connectivity index (χ1) is 16.9. The zero-order valence-corrected chi connectivity index (χ0v) is 20.0. The summed E-state index contributed by atoms with van der Waals surface area (Å²) in [6.07, 6.45) is 3.54. The minimum atomic E-state index is -0.183. The number of rotatable bonds is 4. The molecule has 2 amide bonds. The third-order valence-electron chi connectivity index (χ3n) is 6.44. The van der Waals surface area contributed by atoms with Gasteiger partial charge in [-0.05, 0) is 44.2 Å². The SMILES string of the molecule is CC(=O)N1[C@H](C)CN(c2cccc(-c3c[nH]c4ncc(NC(=O)c5ccccc5)cc34)n2)C[C@@H]1C.[HH]. The van der Waals surface area contributed by atoms with Crippen LogP contribution in [0.4, 0.5) is 11.5 Å². The third-order valence-corrected chi connectivity index (χ3v) is 6.44. The molecule has 5 rings (SSSR count). The van der Waals surface area contributed by atoms with Crippen molar-refractivity contribution in [1.82, 2.24) is 19.9 Å². The number of aromatic nitrogens is 3. The highest BCUT2D eigenvalue weighted by molar-refractivity contribution is 6.05. The van der Waals surface area contributed by atoms with Gasteiger partial charge in [-0.2, -0.15) is 0 Å². The molecule has 35 heavy (non-hydrogen) atoms. The number of amides is 2. The van der Waals surface area contributed by atoms with E-state index in [1.54, 1.807) is 25.3 Å². The van der Waals surface area contributed by atoms with E-state index in [2.05, 4.69) is 34.0 Å². The van der Waals surface area contributed by atoms with Crippen LogP contribution in [0.15, 0.2) is 67.0 Å². The maximum Gasteiger partial charge on any atom is 0.255 e. The summed E-state index contributed by atoms with van der Waals surface area (Å²) in [5.74, 6) is 0.796. The number of benzene rings is 1. The van der Waals surface area contributed by atoms with E-state index in [0.29, 0.717) is 11.3 Å². The molecule has 1 fully saturated rings. The molecule has 1 saturated heterocycles. The lowest BCUT2D eigenvalue weighted by Gasteiger charge is -2.44. The molecule has 0 radical (unpaired) electrons. The molecule has 180 valence electrons. The molecule has 0 spiro atoms. The third kappa shape index (κ3) is 4.47. The lowest BCUT2D eigenvalue weighted by Crippen LogP contribution is -2.58. The number of nitrogens with one attached hydrogen (secondary N) is 2. The first kappa shape index (κ1) is 22.6. The minimum absolute atomic E-state index is 0. The van der Waals surface area contributed by atoms with Gasteiger partial charge in [-0.15, -0.1) is 0 Å². The Labute approximate surface area is 205 Å². The van der Waals surface area contributed by atoms with E-state index in [1.165, 1.54) is 0 Å². The van der Waals surface area contributed by atoms with Gasteiger partial charge >= 0.3 is 0 Å². The van der Waals surface area contributed by atoms with Gasteiger partial charge in [0.15, 0.2) is 0 Å². The quantitative estimate of drug-likeness (QED) is 0.456. The predicted octanol–water partition coefficient (Wildman–Crippen LogP) is 4.57. The fourth-order valence-corrected chi connectivity index (χ4v) is 4.96. The van der Waals surface area contributed by atoms with Crippen LogP contribution in [-0.2, 0) is 4.79 Å².